The molecule has 4 rings (SSSR count). The second-order valence-corrected chi connectivity index (χ2v) is 9.67. The largest absolute Gasteiger partial charge is 0.485 e. The third-order valence-electron chi connectivity index (χ3n) is 6.36. The fourth-order valence-electron chi connectivity index (χ4n) is 4.07. The number of aryl methyl sites for hydroxylation is 1. The summed E-state index contributed by atoms with van der Waals surface area (Å²) in [6.07, 6.45) is 6.12. The van der Waals surface area contributed by atoms with Gasteiger partial charge in [-0.15, -0.1) is 0 Å². The molecule has 9 heteroatoms. The lowest BCUT2D eigenvalue weighted by Crippen LogP contribution is -2.39. The first-order chi connectivity index (χ1) is 17.4. The molecule has 0 atom stereocenters. The number of nitrogen functional groups attached to an aromatic ring is 1. The summed E-state index contributed by atoms with van der Waals surface area (Å²) in [4.78, 5) is 23.5. The molecule has 0 saturated carbocycles. The predicted octanol–water partition coefficient (Wildman–Crippen LogP) is 5.58. The summed E-state index contributed by atoms with van der Waals surface area (Å²) in [6.45, 7) is 4.71. The fraction of sp³-hybridized carbons (Fsp3) is 0.370. The number of ether oxygens (including phenoxy) is 2. The number of nitrogens with zero attached hydrogens (tertiary/aromatic N) is 3. The molecule has 3 aromatic rings. The first-order valence-corrected chi connectivity index (χ1v) is 12.8. The van der Waals surface area contributed by atoms with Crippen molar-refractivity contribution >= 4 is 34.9 Å². The molecule has 0 spiro atoms. The molecule has 2 N–H and O–H groups in total. The molecule has 1 saturated heterocycles. The van der Waals surface area contributed by atoms with Crippen molar-refractivity contribution in [3.63, 3.8) is 0 Å². The summed E-state index contributed by atoms with van der Waals surface area (Å²) in [6, 6.07) is 11.0. The minimum absolute atomic E-state index is 0.0947. The maximum Gasteiger partial charge on any atom is 0.255 e. The van der Waals surface area contributed by atoms with E-state index in [2.05, 4.69) is 23.0 Å². The molecule has 190 valence electrons. The van der Waals surface area contributed by atoms with Gasteiger partial charge in [0.15, 0.2) is 11.6 Å². The Hall–Kier alpha value is -2.87. The number of carbonyl (C=O) groups is 1. The summed E-state index contributed by atoms with van der Waals surface area (Å²) in [5.41, 5.74) is 9.22. The Morgan fingerprint density at radius 1 is 1.08 bits per heavy atom. The van der Waals surface area contributed by atoms with E-state index in [-0.39, 0.29) is 18.3 Å². The van der Waals surface area contributed by atoms with Gasteiger partial charge in [-0.25, -0.2) is 4.98 Å². The highest BCUT2D eigenvalue weighted by atomic mass is 35.5. The van der Waals surface area contributed by atoms with E-state index in [9.17, 15) is 4.79 Å². The number of hydrogen-bond acceptors (Lipinski definition) is 6. The number of anilines is 1. The van der Waals surface area contributed by atoms with Crippen LogP contribution < -0.4 is 10.5 Å². The summed E-state index contributed by atoms with van der Waals surface area (Å²) < 4.78 is 11.7. The topological polar surface area (TPSA) is 90.6 Å². The van der Waals surface area contributed by atoms with Crippen molar-refractivity contribution in [3.8, 4) is 5.75 Å². The number of benzene rings is 1. The summed E-state index contributed by atoms with van der Waals surface area (Å²) >= 11 is 12.4. The lowest BCUT2D eigenvalue weighted by molar-refractivity contribution is 0.0470. The molecule has 0 unspecified atom stereocenters. The number of hydrogen-bond donors (Lipinski definition) is 1. The molecule has 0 bridgehead atoms. The van der Waals surface area contributed by atoms with Crippen LogP contribution >= 0.6 is 23.2 Å². The van der Waals surface area contributed by atoms with Crippen molar-refractivity contribution in [1.82, 2.24) is 14.9 Å². The molecule has 1 fully saturated rings. The Labute approximate surface area is 221 Å². The Morgan fingerprint density at radius 3 is 2.50 bits per heavy atom. The molecule has 1 aromatic carbocycles. The van der Waals surface area contributed by atoms with Gasteiger partial charge in [0.25, 0.3) is 5.91 Å². The predicted molar refractivity (Wildman–Crippen MR) is 141 cm³/mol. The number of amides is 1. The summed E-state index contributed by atoms with van der Waals surface area (Å²) in [5.74, 6) is 0.834. The first-order valence-electron chi connectivity index (χ1n) is 12.1. The number of carbonyl (C=O) groups excluding carboxylic acids is 1. The molecule has 36 heavy (non-hydrogen) atoms. The van der Waals surface area contributed by atoms with Gasteiger partial charge in [0.05, 0.1) is 24.5 Å². The second kappa shape index (κ2) is 12.4. The molecule has 3 heterocycles. The van der Waals surface area contributed by atoms with Gasteiger partial charge in [-0.05, 0) is 55.0 Å². The zero-order chi connectivity index (χ0) is 25.5. The van der Waals surface area contributed by atoms with E-state index < -0.39 is 0 Å². The van der Waals surface area contributed by atoms with Crippen LogP contribution in [0.1, 0.15) is 46.9 Å². The third kappa shape index (κ3) is 6.66. The van der Waals surface area contributed by atoms with Crippen LogP contribution in [0.3, 0.4) is 0 Å². The highest BCUT2D eigenvalue weighted by molar-refractivity contribution is 6.35. The number of rotatable bonds is 9. The van der Waals surface area contributed by atoms with E-state index in [1.807, 2.05) is 17.2 Å². The minimum Gasteiger partial charge on any atom is -0.485 e. The van der Waals surface area contributed by atoms with Gasteiger partial charge in [0.1, 0.15) is 6.61 Å². The molecule has 2 aromatic heterocycles. The van der Waals surface area contributed by atoms with Crippen molar-refractivity contribution in [3.05, 3.63) is 81.2 Å². The number of halogens is 2. The standard InChI is InChI=1S/C27H30Cl2N4O3/c1-2-18-6-7-21(31-13-18)16-35-15-19-8-10-33(11-9-19)27(34)20-12-25(26(30)32-14-20)36-17-22-23(28)4-3-5-24(22)29/h3-7,12-14,19H,2,8-11,15-17H2,1H3,(H2,30,32). The molecule has 0 aliphatic carbocycles. The van der Waals surface area contributed by atoms with Gasteiger partial charge in [0, 0.05) is 41.1 Å². The van der Waals surface area contributed by atoms with Gasteiger partial charge in [0.2, 0.25) is 0 Å². The molecule has 1 aliphatic rings. The van der Waals surface area contributed by atoms with E-state index in [4.69, 9.17) is 38.4 Å². The van der Waals surface area contributed by atoms with Crippen molar-refractivity contribution in [2.75, 3.05) is 25.4 Å². The van der Waals surface area contributed by atoms with Crippen LogP contribution in [0.2, 0.25) is 10.0 Å². The quantitative estimate of drug-likeness (QED) is 0.390. The number of likely N-dealkylation sites (tertiary alicyclic amines) is 1. The summed E-state index contributed by atoms with van der Waals surface area (Å²) in [7, 11) is 0. The Balaban J connectivity index is 1.27. The van der Waals surface area contributed by atoms with Crippen molar-refractivity contribution in [2.45, 2.75) is 39.4 Å². The van der Waals surface area contributed by atoms with Crippen LogP contribution in [0.25, 0.3) is 0 Å². The third-order valence-corrected chi connectivity index (χ3v) is 7.07. The molecule has 1 aliphatic heterocycles. The normalized spacial score (nSPS) is 14.1. The van der Waals surface area contributed by atoms with Crippen LogP contribution in [-0.4, -0.2) is 40.5 Å². The van der Waals surface area contributed by atoms with Crippen molar-refractivity contribution in [2.24, 2.45) is 5.92 Å². The van der Waals surface area contributed by atoms with E-state index in [0.717, 1.165) is 25.0 Å². The maximum absolute atomic E-state index is 13.1. The fourth-order valence-corrected chi connectivity index (χ4v) is 4.58. The zero-order valence-electron chi connectivity index (χ0n) is 20.3. The number of nitrogens with two attached hydrogens (primary N) is 1. The SMILES string of the molecule is CCc1ccc(COCC2CCN(C(=O)c3cnc(N)c(OCc4c(Cl)cccc4Cl)c3)CC2)nc1. The van der Waals surface area contributed by atoms with Crippen molar-refractivity contribution < 1.29 is 14.3 Å². The number of pyridine rings is 2. The lowest BCUT2D eigenvalue weighted by atomic mass is 9.97. The molecule has 1 amide bonds. The average Bonchev–Trinajstić information content (AvgIpc) is 2.90. The van der Waals surface area contributed by atoms with Crippen LogP contribution in [0.4, 0.5) is 5.82 Å². The van der Waals surface area contributed by atoms with E-state index in [1.165, 1.54) is 11.8 Å². The average molecular weight is 529 g/mol. The van der Waals surface area contributed by atoms with Crippen molar-refractivity contribution in [1.29, 1.82) is 0 Å². The minimum atomic E-state index is -0.0947. The van der Waals surface area contributed by atoms with E-state index in [1.54, 1.807) is 24.3 Å². The lowest BCUT2D eigenvalue weighted by Gasteiger charge is -2.32. The van der Waals surface area contributed by atoms with Crippen LogP contribution in [0.5, 0.6) is 5.75 Å². The number of aromatic nitrogens is 2. The van der Waals surface area contributed by atoms with Gasteiger partial charge in [-0.1, -0.05) is 42.3 Å². The molecular weight excluding hydrogens is 499 g/mol. The monoisotopic (exact) mass is 528 g/mol. The van der Waals surface area contributed by atoms with Gasteiger partial charge < -0.3 is 20.1 Å². The van der Waals surface area contributed by atoms with E-state index in [0.29, 0.717) is 59.1 Å². The van der Waals surface area contributed by atoms with Gasteiger partial charge in [-0.3, -0.25) is 9.78 Å². The maximum atomic E-state index is 13.1. The number of piperidine rings is 1. The van der Waals surface area contributed by atoms with Gasteiger partial charge >= 0.3 is 0 Å². The van der Waals surface area contributed by atoms with Crippen LogP contribution in [0.15, 0.2) is 48.8 Å². The first kappa shape index (κ1) is 26.2. The van der Waals surface area contributed by atoms with E-state index >= 15 is 0 Å². The summed E-state index contributed by atoms with van der Waals surface area (Å²) in [5, 5.41) is 0.998. The zero-order valence-corrected chi connectivity index (χ0v) is 21.8. The highest BCUT2D eigenvalue weighted by Gasteiger charge is 2.25. The Bertz CT molecular complexity index is 1160. The van der Waals surface area contributed by atoms with Crippen LogP contribution in [0, 0.1) is 5.92 Å². The smallest absolute Gasteiger partial charge is 0.255 e. The Kier molecular flexibility index (Phi) is 9.02. The van der Waals surface area contributed by atoms with Gasteiger partial charge in [-0.2, -0.15) is 0 Å². The second-order valence-electron chi connectivity index (χ2n) is 8.86. The molecular formula is C27H30Cl2N4O3. The molecule has 0 radical (unpaired) electrons. The highest BCUT2D eigenvalue weighted by Crippen LogP contribution is 2.28. The molecule has 7 nitrogen and oxygen atoms in total. The van der Waals surface area contributed by atoms with Crippen LogP contribution in [-0.2, 0) is 24.4 Å². The Morgan fingerprint density at radius 2 is 1.83 bits per heavy atom.